The molecule has 0 saturated carbocycles. The Morgan fingerprint density at radius 2 is 2.07 bits per heavy atom. The highest BCUT2D eigenvalue weighted by Crippen LogP contribution is 2.39. The molecule has 4 heterocycles. The Bertz CT molecular complexity index is 997. The SMILES string of the molecule is C=C(CC)N1CCc2c([nH]c3ccccc23)C1c1ccc(CC2CNC2)cn1. The molecule has 2 N–H and O–H groups in total. The fourth-order valence-electron chi connectivity index (χ4n) is 4.64. The Morgan fingerprint density at radius 1 is 1.21 bits per heavy atom. The summed E-state index contributed by atoms with van der Waals surface area (Å²) in [6.45, 7) is 9.79. The molecule has 2 aliphatic heterocycles. The van der Waals surface area contributed by atoms with E-state index in [2.05, 4.69) is 71.3 Å². The first-order valence-electron chi connectivity index (χ1n) is 10.4. The van der Waals surface area contributed by atoms with E-state index in [0.29, 0.717) is 0 Å². The van der Waals surface area contributed by atoms with Crippen molar-refractivity contribution in [2.45, 2.75) is 32.2 Å². The van der Waals surface area contributed by atoms with Gasteiger partial charge in [0, 0.05) is 35.0 Å². The van der Waals surface area contributed by atoms with Gasteiger partial charge in [-0.25, -0.2) is 0 Å². The first kappa shape index (κ1) is 17.5. The minimum atomic E-state index is 0.114. The first-order valence-corrected chi connectivity index (χ1v) is 10.4. The van der Waals surface area contributed by atoms with Crippen molar-refractivity contribution < 1.29 is 0 Å². The van der Waals surface area contributed by atoms with Gasteiger partial charge in [0.05, 0.1) is 5.69 Å². The molecule has 1 saturated heterocycles. The number of benzene rings is 1. The number of hydrogen-bond acceptors (Lipinski definition) is 3. The summed E-state index contributed by atoms with van der Waals surface area (Å²) in [4.78, 5) is 11.1. The summed E-state index contributed by atoms with van der Waals surface area (Å²) in [5, 5.41) is 4.70. The highest BCUT2D eigenvalue weighted by Gasteiger charge is 2.32. The van der Waals surface area contributed by atoms with Gasteiger partial charge in [0.25, 0.3) is 0 Å². The van der Waals surface area contributed by atoms with Crippen LogP contribution < -0.4 is 5.32 Å². The van der Waals surface area contributed by atoms with Crippen LogP contribution in [0.15, 0.2) is 54.9 Å². The number of pyridine rings is 1. The average Bonchev–Trinajstić information content (AvgIpc) is 3.08. The van der Waals surface area contributed by atoms with Crippen molar-refractivity contribution in [2.75, 3.05) is 19.6 Å². The van der Waals surface area contributed by atoms with E-state index >= 15 is 0 Å². The molecule has 1 aromatic carbocycles. The normalized spacial score (nSPS) is 19.5. The van der Waals surface area contributed by atoms with Crippen molar-refractivity contribution in [1.29, 1.82) is 0 Å². The van der Waals surface area contributed by atoms with Crippen molar-refractivity contribution >= 4 is 10.9 Å². The molecule has 3 aromatic rings. The molecule has 0 amide bonds. The number of H-pyrrole nitrogens is 1. The molecule has 0 bridgehead atoms. The summed E-state index contributed by atoms with van der Waals surface area (Å²) < 4.78 is 0. The predicted molar refractivity (Wildman–Crippen MR) is 114 cm³/mol. The van der Waals surface area contributed by atoms with Crippen molar-refractivity contribution in [3.8, 4) is 0 Å². The zero-order valence-corrected chi connectivity index (χ0v) is 16.5. The highest BCUT2D eigenvalue weighted by atomic mass is 15.2. The lowest BCUT2D eigenvalue weighted by Crippen LogP contribution is -2.43. The molecule has 4 heteroatoms. The van der Waals surface area contributed by atoms with Gasteiger partial charge in [-0.15, -0.1) is 0 Å². The van der Waals surface area contributed by atoms with E-state index in [1.165, 1.54) is 33.4 Å². The number of allylic oxidation sites excluding steroid dienone is 1. The number of fused-ring (bicyclic) bond motifs is 3. The van der Waals surface area contributed by atoms with E-state index in [1.807, 2.05) is 0 Å². The third kappa shape index (κ3) is 2.92. The Morgan fingerprint density at radius 3 is 2.79 bits per heavy atom. The van der Waals surface area contributed by atoms with Gasteiger partial charge in [0.1, 0.15) is 6.04 Å². The number of hydrogen-bond donors (Lipinski definition) is 2. The van der Waals surface area contributed by atoms with E-state index in [0.717, 1.165) is 50.5 Å². The summed E-state index contributed by atoms with van der Waals surface area (Å²) in [6, 6.07) is 13.2. The van der Waals surface area contributed by atoms with Gasteiger partial charge >= 0.3 is 0 Å². The minimum absolute atomic E-state index is 0.114. The molecule has 1 atom stereocenters. The average molecular weight is 373 g/mol. The lowest BCUT2D eigenvalue weighted by molar-refractivity contribution is 0.261. The van der Waals surface area contributed by atoms with Gasteiger partial charge < -0.3 is 15.2 Å². The van der Waals surface area contributed by atoms with Crippen molar-refractivity contribution in [3.63, 3.8) is 0 Å². The van der Waals surface area contributed by atoms with E-state index in [1.54, 1.807) is 0 Å². The van der Waals surface area contributed by atoms with Crippen LogP contribution in [0.5, 0.6) is 0 Å². The van der Waals surface area contributed by atoms with Crippen molar-refractivity contribution in [1.82, 2.24) is 20.2 Å². The molecule has 0 aliphatic carbocycles. The van der Waals surface area contributed by atoms with Crippen LogP contribution in [0.3, 0.4) is 0 Å². The van der Waals surface area contributed by atoms with Gasteiger partial charge in [-0.2, -0.15) is 0 Å². The topological polar surface area (TPSA) is 44.0 Å². The molecule has 28 heavy (non-hydrogen) atoms. The second-order valence-corrected chi connectivity index (χ2v) is 8.15. The quantitative estimate of drug-likeness (QED) is 0.706. The monoisotopic (exact) mass is 372 g/mol. The Balaban J connectivity index is 1.54. The third-order valence-electron chi connectivity index (χ3n) is 6.37. The third-order valence-corrected chi connectivity index (χ3v) is 6.37. The van der Waals surface area contributed by atoms with Crippen LogP contribution in [-0.4, -0.2) is 34.5 Å². The molecule has 0 spiro atoms. The smallest absolute Gasteiger partial charge is 0.112 e. The fraction of sp³-hybridized carbons (Fsp3) is 0.375. The summed E-state index contributed by atoms with van der Waals surface area (Å²) in [5.41, 5.74) is 7.57. The van der Waals surface area contributed by atoms with Gasteiger partial charge in [-0.05, 0) is 61.5 Å². The van der Waals surface area contributed by atoms with Gasteiger partial charge in [-0.3, -0.25) is 4.98 Å². The van der Waals surface area contributed by atoms with E-state index in [4.69, 9.17) is 4.98 Å². The molecule has 4 nitrogen and oxygen atoms in total. The number of nitrogens with one attached hydrogen (secondary N) is 2. The van der Waals surface area contributed by atoms with Gasteiger partial charge in [0.15, 0.2) is 0 Å². The van der Waals surface area contributed by atoms with Crippen LogP contribution >= 0.6 is 0 Å². The molecule has 1 unspecified atom stereocenters. The maximum atomic E-state index is 4.93. The zero-order chi connectivity index (χ0) is 19.1. The molecule has 5 rings (SSSR count). The van der Waals surface area contributed by atoms with E-state index in [9.17, 15) is 0 Å². The highest BCUT2D eigenvalue weighted by molar-refractivity contribution is 5.85. The van der Waals surface area contributed by atoms with Gasteiger partial charge in [0.2, 0.25) is 0 Å². The maximum absolute atomic E-state index is 4.93. The van der Waals surface area contributed by atoms with Crippen LogP contribution in [0.1, 0.15) is 41.9 Å². The van der Waals surface area contributed by atoms with Gasteiger partial charge in [-0.1, -0.05) is 37.8 Å². The first-order chi connectivity index (χ1) is 13.7. The molecular formula is C24H28N4. The molecular weight excluding hydrogens is 344 g/mol. The maximum Gasteiger partial charge on any atom is 0.112 e. The Labute approximate surface area is 166 Å². The summed E-state index contributed by atoms with van der Waals surface area (Å²) >= 11 is 0. The van der Waals surface area contributed by atoms with Crippen LogP contribution in [0.25, 0.3) is 10.9 Å². The number of aromatic amines is 1. The Kier molecular flexibility index (Phi) is 4.44. The molecule has 0 radical (unpaired) electrons. The largest absolute Gasteiger partial charge is 0.361 e. The van der Waals surface area contributed by atoms with Crippen molar-refractivity contribution in [2.24, 2.45) is 5.92 Å². The van der Waals surface area contributed by atoms with Crippen LogP contribution in [-0.2, 0) is 12.8 Å². The predicted octanol–water partition coefficient (Wildman–Crippen LogP) is 4.20. The van der Waals surface area contributed by atoms with Crippen LogP contribution in [0, 0.1) is 5.92 Å². The summed E-state index contributed by atoms with van der Waals surface area (Å²) in [5.74, 6) is 0.763. The molecule has 2 aromatic heterocycles. The second-order valence-electron chi connectivity index (χ2n) is 8.15. The molecule has 2 aliphatic rings. The summed E-state index contributed by atoms with van der Waals surface area (Å²) in [7, 11) is 0. The number of rotatable bonds is 5. The van der Waals surface area contributed by atoms with Crippen LogP contribution in [0.4, 0.5) is 0 Å². The zero-order valence-electron chi connectivity index (χ0n) is 16.5. The second kappa shape index (κ2) is 7.10. The Hall–Kier alpha value is -2.59. The number of aromatic nitrogens is 2. The minimum Gasteiger partial charge on any atom is -0.361 e. The van der Waals surface area contributed by atoms with Crippen LogP contribution in [0.2, 0.25) is 0 Å². The molecule has 1 fully saturated rings. The van der Waals surface area contributed by atoms with Crippen molar-refractivity contribution in [3.05, 3.63) is 77.4 Å². The standard InChI is InChI=1S/C24H28N4/c1-3-16(2)28-11-10-20-19-6-4-5-7-21(19)27-23(20)24(28)22-9-8-17(15-26-22)12-18-13-25-14-18/h4-9,15,18,24-25,27H,2-3,10-14H2,1H3. The van der Waals surface area contributed by atoms with E-state index < -0.39 is 0 Å². The number of para-hydroxylation sites is 1. The molecule has 144 valence electrons. The lowest BCUT2D eigenvalue weighted by atomic mass is 9.92. The number of nitrogens with zero attached hydrogens (tertiary/aromatic N) is 2. The summed E-state index contributed by atoms with van der Waals surface area (Å²) in [6.07, 6.45) is 5.20. The fourth-order valence-corrected chi connectivity index (χ4v) is 4.64. The lowest BCUT2D eigenvalue weighted by Gasteiger charge is -2.38. The van der Waals surface area contributed by atoms with E-state index in [-0.39, 0.29) is 6.04 Å².